The van der Waals surface area contributed by atoms with E-state index in [2.05, 4.69) is 17.2 Å². The Labute approximate surface area is 139 Å². The first kappa shape index (κ1) is 15.9. The zero-order chi connectivity index (χ0) is 16.4. The van der Waals surface area contributed by atoms with Crippen molar-refractivity contribution < 1.29 is 8.81 Å². The lowest BCUT2D eigenvalue weighted by atomic mass is 10.2. The standard InChI is InChI=1S/C18H19FN2OS/c1-11-4-9-16(22-11)10-20-12(2)17-13(3)21-18(23-17)14-5-7-15(19)8-6-14/h4-9,12,20H,10H2,1-3H3. The molecular weight excluding hydrogens is 311 g/mol. The van der Waals surface area contributed by atoms with Crippen LogP contribution in [-0.2, 0) is 6.54 Å². The quantitative estimate of drug-likeness (QED) is 0.714. The monoisotopic (exact) mass is 330 g/mol. The average molecular weight is 330 g/mol. The third kappa shape index (κ3) is 3.68. The number of nitrogens with one attached hydrogen (secondary N) is 1. The largest absolute Gasteiger partial charge is 0.465 e. The first-order valence-corrected chi connectivity index (χ1v) is 8.36. The summed E-state index contributed by atoms with van der Waals surface area (Å²) >= 11 is 1.64. The summed E-state index contributed by atoms with van der Waals surface area (Å²) in [5.41, 5.74) is 1.95. The SMILES string of the molecule is Cc1ccc(CNC(C)c2sc(-c3ccc(F)cc3)nc2C)o1. The number of thiazole rings is 1. The van der Waals surface area contributed by atoms with Gasteiger partial charge >= 0.3 is 0 Å². The molecule has 0 aliphatic carbocycles. The van der Waals surface area contributed by atoms with Gasteiger partial charge in [0.05, 0.1) is 12.2 Å². The Balaban J connectivity index is 1.73. The molecule has 2 heterocycles. The second kappa shape index (κ2) is 6.64. The molecule has 2 aromatic heterocycles. The molecule has 0 saturated heterocycles. The van der Waals surface area contributed by atoms with E-state index in [4.69, 9.17) is 4.42 Å². The minimum Gasteiger partial charge on any atom is -0.465 e. The number of hydrogen-bond donors (Lipinski definition) is 1. The van der Waals surface area contributed by atoms with Crippen molar-refractivity contribution in [2.24, 2.45) is 0 Å². The van der Waals surface area contributed by atoms with Gasteiger partial charge in [0, 0.05) is 16.5 Å². The van der Waals surface area contributed by atoms with Gasteiger partial charge in [-0.25, -0.2) is 9.37 Å². The molecule has 0 aliphatic heterocycles. The second-order valence-corrected chi connectivity index (χ2v) is 6.62. The van der Waals surface area contributed by atoms with E-state index < -0.39 is 0 Å². The molecule has 0 amide bonds. The number of aromatic nitrogens is 1. The van der Waals surface area contributed by atoms with Crippen molar-refractivity contribution in [1.82, 2.24) is 10.3 Å². The summed E-state index contributed by atoms with van der Waals surface area (Å²) in [7, 11) is 0. The Kier molecular flexibility index (Phi) is 4.59. The Bertz CT molecular complexity index is 792. The lowest BCUT2D eigenvalue weighted by molar-refractivity contribution is 0.445. The van der Waals surface area contributed by atoms with Gasteiger partial charge in [-0.3, -0.25) is 0 Å². The van der Waals surface area contributed by atoms with Crippen molar-refractivity contribution in [2.75, 3.05) is 0 Å². The highest BCUT2D eigenvalue weighted by Crippen LogP contribution is 2.32. The zero-order valence-corrected chi connectivity index (χ0v) is 14.2. The molecule has 0 spiro atoms. The summed E-state index contributed by atoms with van der Waals surface area (Å²) in [5, 5.41) is 4.38. The molecule has 0 bridgehead atoms. The van der Waals surface area contributed by atoms with E-state index in [1.807, 2.05) is 26.0 Å². The summed E-state index contributed by atoms with van der Waals surface area (Å²) < 4.78 is 18.6. The zero-order valence-electron chi connectivity index (χ0n) is 13.4. The van der Waals surface area contributed by atoms with Crippen LogP contribution in [0.3, 0.4) is 0 Å². The van der Waals surface area contributed by atoms with Gasteiger partial charge in [0.1, 0.15) is 22.3 Å². The number of halogens is 1. The van der Waals surface area contributed by atoms with Gasteiger partial charge in [-0.05, 0) is 57.2 Å². The molecule has 0 fully saturated rings. The molecule has 3 rings (SSSR count). The van der Waals surface area contributed by atoms with Crippen LogP contribution in [0, 0.1) is 19.7 Å². The predicted octanol–water partition coefficient (Wildman–Crippen LogP) is 5.01. The van der Waals surface area contributed by atoms with E-state index in [0.29, 0.717) is 6.54 Å². The molecule has 1 atom stereocenters. The highest BCUT2D eigenvalue weighted by molar-refractivity contribution is 7.15. The smallest absolute Gasteiger partial charge is 0.123 e. The normalized spacial score (nSPS) is 12.5. The van der Waals surface area contributed by atoms with Gasteiger partial charge in [-0.15, -0.1) is 11.3 Å². The van der Waals surface area contributed by atoms with Crippen LogP contribution in [0.1, 0.15) is 35.1 Å². The van der Waals surface area contributed by atoms with Gasteiger partial charge in [0.2, 0.25) is 0 Å². The lowest BCUT2D eigenvalue weighted by Crippen LogP contribution is -2.17. The number of rotatable bonds is 5. The second-order valence-electron chi connectivity index (χ2n) is 5.59. The molecule has 23 heavy (non-hydrogen) atoms. The van der Waals surface area contributed by atoms with Crippen molar-refractivity contribution in [3.63, 3.8) is 0 Å². The van der Waals surface area contributed by atoms with Crippen molar-refractivity contribution in [1.29, 1.82) is 0 Å². The molecular formula is C18H19FN2OS. The molecule has 1 unspecified atom stereocenters. The van der Waals surface area contributed by atoms with Gasteiger partial charge in [0.15, 0.2) is 0 Å². The molecule has 3 nitrogen and oxygen atoms in total. The maximum absolute atomic E-state index is 13.0. The molecule has 1 aromatic carbocycles. The van der Waals surface area contributed by atoms with Crippen LogP contribution >= 0.6 is 11.3 Å². The van der Waals surface area contributed by atoms with E-state index in [9.17, 15) is 4.39 Å². The van der Waals surface area contributed by atoms with Crippen LogP contribution in [-0.4, -0.2) is 4.98 Å². The minimum atomic E-state index is -0.231. The average Bonchev–Trinajstić information content (AvgIpc) is 3.11. The molecule has 0 radical (unpaired) electrons. The van der Waals surface area contributed by atoms with Crippen LogP contribution < -0.4 is 5.32 Å². The van der Waals surface area contributed by atoms with Crippen LogP contribution in [0.5, 0.6) is 0 Å². The van der Waals surface area contributed by atoms with E-state index >= 15 is 0 Å². The maximum Gasteiger partial charge on any atom is 0.123 e. The van der Waals surface area contributed by atoms with Gasteiger partial charge in [-0.1, -0.05) is 0 Å². The van der Waals surface area contributed by atoms with Gasteiger partial charge < -0.3 is 9.73 Å². The third-order valence-corrected chi connectivity index (χ3v) is 5.08. The molecule has 5 heteroatoms. The van der Waals surface area contributed by atoms with Crippen LogP contribution in [0.4, 0.5) is 4.39 Å². The number of hydrogen-bond acceptors (Lipinski definition) is 4. The van der Waals surface area contributed by atoms with Crippen molar-refractivity contribution in [3.05, 3.63) is 64.3 Å². The fourth-order valence-corrected chi connectivity index (χ4v) is 3.55. The first-order chi connectivity index (χ1) is 11.0. The van der Waals surface area contributed by atoms with Crippen molar-refractivity contribution >= 4 is 11.3 Å². The fraction of sp³-hybridized carbons (Fsp3) is 0.278. The first-order valence-electron chi connectivity index (χ1n) is 7.55. The highest BCUT2D eigenvalue weighted by atomic mass is 32.1. The van der Waals surface area contributed by atoms with E-state index in [1.54, 1.807) is 23.5 Å². The summed E-state index contributed by atoms with van der Waals surface area (Å²) in [6, 6.07) is 10.6. The van der Waals surface area contributed by atoms with Gasteiger partial charge in [-0.2, -0.15) is 0 Å². The fourth-order valence-electron chi connectivity index (χ4n) is 2.45. The summed E-state index contributed by atoms with van der Waals surface area (Å²) in [6.07, 6.45) is 0. The summed E-state index contributed by atoms with van der Waals surface area (Å²) in [4.78, 5) is 5.81. The number of furan rings is 1. The summed E-state index contributed by atoms with van der Waals surface area (Å²) in [6.45, 7) is 6.74. The molecule has 0 saturated carbocycles. The summed E-state index contributed by atoms with van der Waals surface area (Å²) in [5.74, 6) is 1.61. The Morgan fingerprint density at radius 2 is 1.91 bits per heavy atom. The van der Waals surface area contributed by atoms with E-state index in [-0.39, 0.29) is 11.9 Å². The van der Waals surface area contributed by atoms with Gasteiger partial charge in [0.25, 0.3) is 0 Å². The Hall–Kier alpha value is -1.98. The van der Waals surface area contributed by atoms with Crippen molar-refractivity contribution in [2.45, 2.75) is 33.4 Å². The molecule has 0 aliphatic rings. The lowest BCUT2D eigenvalue weighted by Gasteiger charge is -2.11. The third-order valence-electron chi connectivity index (χ3n) is 3.70. The van der Waals surface area contributed by atoms with E-state index in [0.717, 1.165) is 27.8 Å². The number of benzene rings is 1. The number of aryl methyl sites for hydroxylation is 2. The van der Waals surface area contributed by atoms with E-state index in [1.165, 1.54) is 17.0 Å². The predicted molar refractivity (Wildman–Crippen MR) is 90.9 cm³/mol. The van der Waals surface area contributed by atoms with Crippen LogP contribution in [0.25, 0.3) is 10.6 Å². The van der Waals surface area contributed by atoms with Crippen molar-refractivity contribution in [3.8, 4) is 10.6 Å². The van der Waals surface area contributed by atoms with Crippen LogP contribution in [0.15, 0.2) is 40.8 Å². The number of nitrogens with zero attached hydrogens (tertiary/aromatic N) is 1. The molecule has 120 valence electrons. The maximum atomic E-state index is 13.0. The Morgan fingerprint density at radius 1 is 1.17 bits per heavy atom. The topological polar surface area (TPSA) is 38.1 Å². The Morgan fingerprint density at radius 3 is 2.57 bits per heavy atom. The van der Waals surface area contributed by atoms with Crippen LogP contribution in [0.2, 0.25) is 0 Å². The minimum absolute atomic E-state index is 0.173. The molecule has 3 aromatic rings. The molecule has 1 N–H and O–H groups in total. The highest BCUT2D eigenvalue weighted by Gasteiger charge is 2.15.